The van der Waals surface area contributed by atoms with Gasteiger partial charge in [0.2, 0.25) is 0 Å². The predicted octanol–water partition coefficient (Wildman–Crippen LogP) is 0.460. The molecule has 1 aliphatic carbocycles. The molecule has 1 N–H and O–H groups in total. The first-order valence-electron chi connectivity index (χ1n) is 4.18. The second-order valence-corrected chi connectivity index (χ2v) is 3.13. The lowest BCUT2D eigenvalue weighted by atomic mass is 10.2. The van der Waals surface area contributed by atoms with E-state index in [2.05, 4.69) is 21.4 Å². The van der Waals surface area contributed by atoms with Crippen molar-refractivity contribution in [2.45, 2.75) is 12.0 Å². The molecule has 0 aromatic rings. The largest absolute Gasteiger partial charge is 0.467 e. The first-order valence-corrected chi connectivity index (χ1v) is 4.18. The number of hydrogen-bond acceptors (Lipinski definition) is 4. The van der Waals surface area contributed by atoms with Crippen molar-refractivity contribution in [2.24, 2.45) is 5.92 Å². The summed E-state index contributed by atoms with van der Waals surface area (Å²) in [5.41, 5.74) is -0.955. The Morgan fingerprint density at radius 2 is 2.14 bits per heavy atom. The summed E-state index contributed by atoms with van der Waals surface area (Å²) in [5, 5.41) is 2.46. The van der Waals surface area contributed by atoms with Gasteiger partial charge in [-0.15, -0.1) is 6.58 Å². The van der Waals surface area contributed by atoms with Crippen molar-refractivity contribution >= 4 is 12.1 Å². The normalized spacial score (nSPS) is 28.9. The van der Waals surface area contributed by atoms with Crippen molar-refractivity contribution in [1.29, 1.82) is 0 Å². The molecule has 1 rings (SSSR count). The third kappa shape index (κ3) is 1.57. The van der Waals surface area contributed by atoms with Crippen molar-refractivity contribution in [3.63, 3.8) is 0 Å². The summed E-state index contributed by atoms with van der Waals surface area (Å²) in [5.74, 6) is -0.540. The van der Waals surface area contributed by atoms with Gasteiger partial charge in [0, 0.05) is 5.92 Å². The van der Waals surface area contributed by atoms with Gasteiger partial charge in [-0.1, -0.05) is 6.08 Å². The van der Waals surface area contributed by atoms with Crippen molar-refractivity contribution in [2.75, 3.05) is 14.2 Å². The van der Waals surface area contributed by atoms with Gasteiger partial charge in [0.05, 0.1) is 14.2 Å². The van der Waals surface area contributed by atoms with Crippen LogP contribution in [0, 0.1) is 5.92 Å². The molecule has 0 bridgehead atoms. The maximum atomic E-state index is 11.4. The Kier molecular flexibility index (Phi) is 2.78. The van der Waals surface area contributed by atoms with E-state index in [0.717, 1.165) is 0 Å². The molecule has 0 aromatic heterocycles. The van der Waals surface area contributed by atoms with Crippen LogP contribution in [0.3, 0.4) is 0 Å². The van der Waals surface area contributed by atoms with Crippen LogP contribution in [0.1, 0.15) is 6.42 Å². The van der Waals surface area contributed by atoms with E-state index >= 15 is 0 Å². The number of nitrogens with one attached hydrogen (secondary N) is 1. The zero-order valence-electron chi connectivity index (χ0n) is 8.20. The van der Waals surface area contributed by atoms with E-state index in [1.807, 2.05) is 0 Å². The molecule has 1 fully saturated rings. The van der Waals surface area contributed by atoms with Crippen LogP contribution in [0.4, 0.5) is 4.79 Å². The van der Waals surface area contributed by atoms with Crippen LogP contribution in [0.5, 0.6) is 0 Å². The first-order chi connectivity index (χ1) is 6.60. The number of rotatable bonds is 3. The van der Waals surface area contributed by atoms with Crippen LogP contribution in [-0.2, 0) is 14.3 Å². The van der Waals surface area contributed by atoms with Crippen LogP contribution in [0.2, 0.25) is 0 Å². The fourth-order valence-electron chi connectivity index (χ4n) is 1.42. The first kappa shape index (κ1) is 10.6. The van der Waals surface area contributed by atoms with Gasteiger partial charge in [0.25, 0.3) is 0 Å². The summed E-state index contributed by atoms with van der Waals surface area (Å²) in [7, 11) is 2.52. The number of carbonyl (C=O) groups is 2. The molecule has 1 amide bonds. The molecule has 0 radical (unpaired) electrons. The maximum Gasteiger partial charge on any atom is 0.407 e. The Morgan fingerprint density at radius 3 is 2.50 bits per heavy atom. The van der Waals surface area contributed by atoms with Gasteiger partial charge in [0.15, 0.2) is 0 Å². The highest BCUT2D eigenvalue weighted by molar-refractivity contribution is 5.90. The quantitative estimate of drug-likeness (QED) is 0.529. The van der Waals surface area contributed by atoms with Crippen molar-refractivity contribution in [3.05, 3.63) is 12.7 Å². The molecular formula is C9H13NO4. The zero-order chi connectivity index (χ0) is 10.8. The summed E-state index contributed by atoms with van der Waals surface area (Å²) >= 11 is 0. The van der Waals surface area contributed by atoms with E-state index < -0.39 is 17.6 Å². The molecule has 0 heterocycles. The third-order valence-electron chi connectivity index (χ3n) is 2.36. The smallest absolute Gasteiger partial charge is 0.407 e. The molecule has 1 saturated carbocycles. The molecule has 1 unspecified atom stereocenters. The fraction of sp³-hybridized carbons (Fsp3) is 0.556. The Hall–Kier alpha value is -1.52. The molecule has 0 spiro atoms. The van der Waals surface area contributed by atoms with Gasteiger partial charge in [0.1, 0.15) is 5.54 Å². The summed E-state index contributed by atoms with van der Waals surface area (Å²) in [6.07, 6.45) is 1.49. The van der Waals surface area contributed by atoms with Crippen LogP contribution in [0.15, 0.2) is 12.7 Å². The van der Waals surface area contributed by atoms with Crippen molar-refractivity contribution < 1.29 is 19.1 Å². The average Bonchev–Trinajstić information content (AvgIpc) is 2.91. The van der Waals surface area contributed by atoms with Gasteiger partial charge >= 0.3 is 12.1 Å². The minimum absolute atomic E-state index is 0.0750. The SMILES string of the molecule is C=C[C@H]1CC1(NC(=O)OC)C(=O)OC. The van der Waals surface area contributed by atoms with Crippen molar-refractivity contribution in [1.82, 2.24) is 5.32 Å². The Labute approximate surface area is 82.1 Å². The van der Waals surface area contributed by atoms with E-state index in [9.17, 15) is 9.59 Å². The lowest BCUT2D eigenvalue weighted by molar-refractivity contribution is -0.144. The topological polar surface area (TPSA) is 64.6 Å². The van der Waals surface area contributed by atoms with Gasteiger partial charge in [-0.25, -0.2) is 9.59 Å². The van der Waals surface area contributed by atoms with E-state index in [1.165, 1.54) is 14.2 Å². The van der Waals surface area contributed by atoms with Gasteiger partial charge < -0.3 is 14.8 Å². The standard InChI is InChI=1S/C9H13NO4/c1-4-6-5-9(6,7(11)13-2)10-8(12)14-3/h4,6H,1,5H2,2-3H3,(H,10,12)/t6-,9?/m0/s1. The number of hydrogen-bond donors (Lipinski definition) is 1. The number of methoxy groups -OCH3 is 2. The lowest BCUT2D eigenvalue weighted by Crippen LogP contribution is -2.45. The second kappa shape index (κ2) is 3.69. The van der Waals surface area contributed by atoms with Crippen LogP contribution < -0.4 is 5.32 Å². The van der Waals surface area contributed by atoms with E-state index in [1.54, 1.807) is 6.08 Å². The molecule has 5 heteroatoms. The van der Waals surface area contributed by atoms with E-state index in [0.29, 0.717) is 6.42 Å². The molecule has 78 valence electrons. The van der Waals surface area contributed by atoms with Gasteiger partial charge in [-0.05, 0) is 6.42 Å². The second-order valence-electron chi connectivity index (χ2n) is 3.13. The minimum atomic E-state index is -0.955. The van der Waals surface area contributed by atoms with E-state index in [-0.39, 0.29) is 5.92 Å². The van der Waals surface area contributed by atoms with E-state index in [4.69, 9.17) is 0 Å². The van der Waals surface area contributed by atoms with Gasteiger partial charge in [-0.3, -0.25) is 0 Å². The summed E-state index contributed by atoms with van der Waals surface area (Å²) in [6.45, 7) is 3.57. The highest BCUT2D eigenvalue weighted by Gasteiger charge is 2.61. The highest BCUT2D eigenvalue weighted by atomic mass is 16.5. The molecule has 5 nitrogen and oxygen atoms in total. The molecule has 1 aliphatic rings. The Balaban J connectivity index is 2.71. The maximum absolute atomic E-state index is 11.4. The third-order valence-corrected chi connectivity index (χ3v) is 2.36. The summed E-state index contributed by atoms with van der Waals surface area (Å²) in [4.78, 5) is 22.4. The monoisotopic (exact) mass is 199 g/mol. The predicted molar refractivity (Wildman–Crippen MR) is 48.6 cm³/mol. The fourth-order valence-corrected chi connectivity index (χ4v) is 1.42. The minimum Gasteiger partial charge on any atom is -0.467 e. The number of esters is 1. The number of amides is 1. The van der Waals surface area contributed by atoms with Crippen LogP contribution in [-0.4, -0.2) is 31.8 Å². The zero-order valence-corrected chi connectivity index (χ0v) is 8.20. The number of carbonyl (C=O) groups excluding carboxylic acids is 2. The molecule has 2 atom stereocenters. The molecule has 0 aromatic carbocycles. The Bertz CT molecular complexity index is 276. The molecule has 0 aliphatic heterocycles. The molecule has 14 heavy (non-hydrogen) atoms. The molecule has 0 saturated heterocycles. The molecular weight excluding hydrogens is 186 g/mol. The van der Waals surface area contributed by atoms with Crippen LogP contribution >= 0.6 is 0 Å². The number of alkyl carbamates (subject to hydrolysis) is 1. The summed E-state index contributed by atoms with van der Waals surface area (Å²) in [6, 6.07) is 0. The highest BCUT2D eigenvalue weighted by Crippen LogP contribution is 2.45. The van der Waals surface area contributed by atoms with Crippen LogP contribution in [0.25, 0.3) is 0 Å². The van der Waals surface area contributed by atoms with Gasteiger partial charge in [-0.2, -0.15) is 0 Å². The van der Waals surface area contributed by atoms with Crippen molar-refractivity contribution in [3.8, 4) is 0 Å². The number of ether oxygens (including phenoxy) is 2. The Morgan fingerprint density at radius 1 is 1.50 bits per heavy atom. The average molecular weight is 199 g/mol. The lowest BCUT2D eigenvalue weighted by Gasteiger charge is -2.14. The summed E-state index contributed by atoms with van der Waals surface area (Å²) < 4.78 is 9.02.